The lowest BCUT2D eigenvalue weighted by atomic mass is 10.1. The Balaban J connectivity index is 1.75. The molecule has 0 saturated heterocycles. The molecule has 0 spiro atoms. The molecule has 0 aliphatic carbocycles. The van der Waals surface area contributed by atoms with Crippen LogP contribution in [-0.2, 0) is 13.0 Å². The zero-order chi connectivity index (χ0) is 13.9. The second kappa shape index (κ2) is 5.71. The smallest absolute Gasteiger partial charge is 0.123 e. The van der Waals surface area contributed by atoms with Crippen molar-refractivity contribution in [1.82, 2.24) is 0 Å². The molecule has 0 aliphatic rings. The van der Waals surface area contributed by atoms with Gasteiger partial charge in [0.1, 0.15) is 11.5 Å². The summed E-state index contributed by atoms with van der Waals surface area (Å²) in [7, 11) is 0. The van der Waals surface area contributed by atoms with E-state index in [2.05, 4.69) is 64.6 Å². The Hall–Kier alpha value is -1.74. The lowest BCUT2D eigenvalue weighted by Crippen LogP contribution is -1.97. The molecule has 20 heavy (non-hydrogen) atoms. The summed E-state index contributed by atoms with van der Waals surface area (Å²) in [5.41, 5.74) is 1.11. The van der Waals surface area contributed by atoms with Crippen LogP contribution in [0.1, 0.15) is 18.4 Å². The molecule has 0 radical (unpaired) electrons. The minimum atomic E-state index is 0.710. The maximum absolute atomic E-state index is 5.69. The van der Waals surface area contributed by atoms with Gasteiger partial charge < -0.3 is 9.73 Å². The SMILES string of the molecule is CCc1ccc(CNc2ccc3cc(Br)ccc3c2)o1. The summed E-state index contributed by atoms with van der Waals surface area (Å²) in [6, 6.07) is 16.8. The zero-order valence-corrected chi connectivity index (χ0v) is 12.9. The van der Waals surface area contributed by atoms with Crippen LogP contribution in [0.4, 0.5) is 5.69 Å². The van der Waals surface area contributed by atoms with E-state index in [-0.39, 0.29) is 0 Å². The number of aryl methyl sites for hydroxylation is 1. The highest BCUT2D eigenvalue weighted by Crippen LogP contribution is 2.23. The number of nitrogens with one attached hydrogen (secondary N) is 1. The fraction of sp³-hybridized carbons (Fsp3) is 0.176. The Morgan fingerprint density at radius 1 is 0.950 bits per heavy atom. The first kappa shape index (κ1) is 13.3. The highest BCUT2D eigenvalue weighted by Gasteiger charge is 2.01. The molecule has 0 aliphatic heterocycles. The number of benzene rings is 2. The molecule has 0 bridgehead atoms. The fourth-order valence-electron chi connectivity index (χ4n) is 2.22. The van der Waals surface area contributed by atoms with Gasteiger partial charge >= 0.3 is 0 Å². The van der Waals surface area contributed by atoms with Gasteiger partial charge in [-0.1, -0.05) is 35.0 Å². The van der Waals surface area contributed by atoms with Gasteiger partial charge in [0.05, 0.1) is 6.54 Å². The van der Waals surface area contributed by atoms with Crippen LogP contribution in [0.25, 0.3) is 10.8 Å². The van der Waals surface area contributed by atoms with Gasteiger partial charge in [0.15, 0.2) is 0 Å². The van der Waals surface area contributed by atoms with Crippen LogP contribution < -0.4 is 5.32 Å². The quantitative estimate of drug-likeness (QED) is 0.696. The third kappa shape index (κ3) is 2.88. The van der Waals surface area contributed by atoms with Crippen molar-refractivity contribution in [2.75, 3.05) is 5.32 Å². The van der Waals surface area contributed by atoms with Gasteiger partial charge in [-0.3, -0.25) is 0 Å². The van der Waals surface area contributed by atoms with Gasteiger partial charge in [0.2, 0.25) is 0 Å². The van der Waals surface area contributed by atoms with E-state index in [1.165, 1.54) is 10.8 Å². The standard InChI is InChI=1S/C17H16BrNO/c1-2-16-7-8-17(20-16)11-19-15-6-4-12-9-14(18)5-3-13(12)10-15/h3-10,19H,2,11H2,1H3. The van der Waals surface area contributed by atoms with E-state index in [1.54, 1.807) is 0 Å². The highest BCUT2D eigenvalue weighted by atomic mass is 79.9. The molecule has 0 fully saturated rings. The average molecular weight is 330 g/mol. The lowest BCUT2D eigenvalue weighted by Gasteiger charge is -2.06. The van der Waals surface area contributed by atoms with Crippen molar-refractivity contribution in [1.29, 1.82) is 0 Å². The average Bonchev–Trinajstić information content (AvgIpc) is 2.93. The van der Waals surface area contributed by atoms with E-state index in [4.69, 9.17) is 4.42 Å². The summed E-state index contributed by atoms with van der Waals surface area (Å²) in [5, 5.41) is 5.86. The fourth-order valence-corrected chi connectivity index (χ4v) is 2.60. The number of hydrogen-bond acceptors (Lipinski definition) is 2. The van der Waals surface area contributed by atoms with Crippen LogP contribution in [0.15, 0.2) is 57.4 Å². The number of anilines is 1. The number of halogens is 1. The van der Waals surface area contributed by atoms with Crippen LogP contribution in [0, 0.1) is 0 Å². The van der Waals surface area contributed by atoms with Crippen molar-refractivity contribution in [2.45, 2.75) is 19.9 Å². The van der Waals surface area contributed by atoms with Gasteiger partial charge in [-0.15, -0.1) is 0 Å². The van der Waals surface area contributed by atoms with Crippen LogP contribution in [-0.4, -0.2) is 0 Å². The molecule has 3 heteroatoms. The molecule has 1 aromatic heterocycles. The number of rotatable bonds is 4. The summed E-state index contributed by atoms with van der Waals surface area (Å²) in [5.74, 6) is 2.00. The summed E-state index contributed by atoms with van der Waals surface area (Å²) in [6.07, 6.45) is 0.935. The van der Waals surface area contributed by atoms with E-state index in [0.29, 0.717) is 6.54 Å². The third-order valence-corrected chi connectivity index (χ3v) is 3.83. The van der Waals surface area contributed by atoms with Crippen molar-refractivity contribution in [3.05, 3.63) is 64.5 Å². The minimum Gasteiger partial charge on any atom is -0.464 e. The largest absolute Gasteiger partial charge is 0.464 e. The Labute approximate surface area is 126 Å². The zero-order valence-electron chi connectivity index (χ0n) is 11.3. The number of hydrogen-bond donors (Lipinski definition) is 1. The first-order valence-corrected chi connectivity index (χ1v) is 7.54. The number of fused-ring (bicyclic) bond motifs is 1. The molecule has 0 amide bonds. The summed E-state index contributed by atoms with van der Waals surface area (Å²) >= 11 is 3.49. The molecule has 1 N–H and O–H groups in total. The molecule has 0 saturated carbocycles. The third-order valence-electron chi connectivity index (χ3n) is 3.33. The van der Waals surface area contributed by atoms with E-state index in [9.17, 15) is 0 Å². The molecular weight excluding hydrogens is 314 g/mol. The van der Waals surface area contributed by atoms with Gasteiger partial charge in [-0.2, -0.15) is 0 Å². The molecule has 1 heterocycles. The van der Waals surface area contributed by atoms with Crippen LogP contribution in [0.2, 0.25) is 0 Å². The Kier molecular flexibility index (Phi) is 3.79. The predicted molar refractivity (Wildman–Crippen MR) is 87.1 cm³/mol. The molecule has 0 unspecified atom stereocenters. The van der Waals surface area contributed by atoms with E-state index in [0.717, 1.165) is 28.1 Å². The van der Waals surface area contributed by atoms with E-state index in [1.807, 2.05) is 12.1 Å². The van der Waals surface area contributed by atoms with Crippen molar-refractivity contribution in [2.24, 2.45) is 0 Å². The van der Waals surface area contributed by atoms with Crippen molar-refractivity contribution >= 4 is 32.4 Å². The second-order valence-electron chi connectivity index (χ2n) is 4.78. The Morgan fingerprint density at radius 2 is 1.70 bits per heavy atom. The monoisotopic (exact) mass is 329 g/mol. The predicted octanol–water partition coefficient (Wildman–Crippen LogP) is 5.37. The maximum Gasteiger partial charge on any atom is 0.123 e. The second-order valence-corrected chi connectivity index (χ2v) is 5.70. The molecule has 0 atom stereocenters. The highest BCUT2D eigenvalue weighted by molar-refractivity contribution is 9.10. The molecule has 3 aromatic rings. The molecule has 102 valence electrons. The number of furan rings is 1. The van der Waals surface area contributed by atoms with Crippen molar-refractivity contribution in [3.63, 3.8) is 0 Å². The van der Waals surface area contributed by atoms with Crippen molar-refractivity contribution < 1.29 is 4.42 Å². The van der Waals surface area contributed by atoms with Gasteiger partial charge in [0, 0.05) is 16.6 Å². The summed E-state index contributed by atoms with van der Waals surface area (Å²) < 4.78 is 6.79. The lowest BCUT2D eigenvalue weighted by molar-refractivity contribution is 0.476. The Bertz CT molecular complexity index is 733. The first-order valence-electron chi connectivity index (χ1n) is 6.75. The summed E-state index contributed by atoms with van der Waals surface area (Å²) in [6.45, 7) is 2.81. The molecule has 2 aromatic carbocycles. The van der Waals surface area contributed by atoms with Gasteiger partial charge in [0.25, 0.3) is 0 Å². The topological polar surface area (TPSA) is 25.2 Å². The normalized spacial score (nSPS) is 10.9. The van der Waals surface area contributed by atoms with Gasteiger partial charge in [-0.25, -0.2) is 0 Å². The van der Waals surface area contributed by atoms with Crippen LogP contribution in [0.3, 0.4) is 0 Å². The van der Waals surface area contributed by atoms with Crippen molar-refractivity contribution in [3.8, 4) is 0 Å². The first-order chi connectivity index (χ1) is 9.74. The van der Waals surface area contributed by atoms with E-state index >= 15 is 0 Å². The minimum absolute atomic E-state index is 0.710. The van der Waals surface area contributed by atoms with Crippen LogP contribution >= 0.6 is 15.9 Å². The molecule has 3 rings (SSSR count). The molecule has 2 nitrogen and oxygen atoms in total. The summed E-state index contributed by atoms with van der Waals surface area (Å²) in [4.78, 5) is 0. The van der Waals surface area contributed by atoms with Crippen LogP contribution in [0.5, 0.6) is 0 Å². The Morgan fingerprint density at radius 3 is 2.50 bits per heavy atom. The maximum atomic E-state index is 5.69. The van der Waals surface area contributed by atoms with E-state index < -0.39 is 0 Å². The molecular formula is C17H16BrNO. The van der Waals surface area contributed by atoms with Gasteiger partial charge in [-0.05, 0) is 47.2 Å².